The molecule has 1 heterocycles. The third-order valence-corrected chi connectivity index (χ3v) is 2.98. The molecule has 1 aromatic heterocycles. The van der Waals surface area contributed by atoms with E-state index in [0.29, 0.717) is 36.0 Å². The van der Waals surface area contributed by atoms with Crippen LogP contribution in [0.2, 0.25) is 0 Å². The molecule has 0 saturated heterocycles. The smallest absolute Gasteiger partial charge is 0.274 e. The molecular formula is C16H17N5O2. The Balaban J connectivity index is 2.17. The lowest BCUT2D eigenvalue weighted by Crippen LogP contribution is -2.17. The molecule has 7 nitrogen and oxygen atoms in total. The Hall–Kier alpha value is -2.98. The van der Waals surface area contributed by atoms with E-state index < -0.39 is 5.91 Å². The number of nitriles is 1. The van der Waals surface area contributed by atoms with Crippen molar-refractivity contribution in [2.75, 3.05) is 30.9 Å². The van der Waals surface area contributed by atoms with E-state index in [-0.39, 0.29) is 5.69 Å². The molecule has 7 heteroatoms. The highest BCUT2D eigenvalue weighted by Crippen LogP contribution is 2.15. The number of carbonyl (C=O) groups is 1. The van der Waals surface area contributed by atoms with Crippen molar-refractivity contribution in [3.05, 3.63) is 47.4 Å². The van der Waals surface area contributed by atoms with E-state index in [2.05, 4.69) is 20.6 Å². The number of benzene rings is 1. The maximum absolute atomic E-state index is 12.4. The van der Waals surface area contributed by atoms with E-state index in [1.165, 1.54) is 0 Å². The lowest BCUT2D eigenvalue weighted by molar-refractivity contribution is 0.102. The third-order valence-electron chi connectivity index (χ3n) is 2.98. The van der Waals surface area contributed by atoms with Crippen LogP contribution in [-0.4, -0.2) is 36.1 Å². The predicted molar refractivity (Wildman–Crippen MR) is 86.2 cm³/mol. The van der Waals surface area contributed by atoms with Crippen LogP contribution in [0, 0.1) is 18.3 Å². The minimum Gasteiger partial charge on any atom is -0.383 e. The maximum Gasteiger partial charge on any atom is 0.274 e. The first-order chi connectivity index (χ1) is 11.1. The van der Waals surface area contributed by atoms with Crippen molar-refractivity contribution in [2.24, 2.45) is 0 Å². The lowest BCUT2D eigenvalue weighted by atomic mass is 10.2. The molecule has 0 radical (unpaired) electrons. The van der Waals surface area contributed by atoms with Crippen LogP contribution in [0.3, 0.4) is 0 Å². The zero-order valence-corrected chi connectivity index (χ0v) is 13.0. The van der Waals surface area contributed by atoms with Crippen molar-refractivity contribution in [1.29, 1.82) is 5.26 Å². The van der Waals surface area contributed by atoms with Crippen LogP contribution in [0.1, 0.15) is 21.9 Å². The molecule has 0 atom stereocenters. The Morgan fingerprint density at radius 1 is 1.35 bits per heavy atom. The standard InChI is InChI=1S/C16H17N5O2/c1-11-19-14(9-15(20-11)18-7-8-23-2)16(22)21-13-6-4-3-5-12(13)10-17/h3-6,9H,7-8H2,1-2H3,(H,21,22)(H,18,19,20). The highest BCUT2D eigenvalue weighted by Gasteiger charge is 2.12. The Kier molecular flexibility index (Phi) is 5.61. The summed E-state index contributed by atoms with van der Waals surface area (Å²) in [4.78, 5) is 20.7. The molecule has 0 spiro atoms. The highest BCUT2D eigenvalue weighted by molar-refractivity contribution is 6.03. The van der Waals surface area contributed by atoms with Gasteiger partial charge in [-0.25, -0.2) is 9.97 Å². The summed E-state index contributed by atoms with van der Waals surface area (Å²) in [6, 6.07) is 10.4. The average Bonchev–Trinajstić information content (AvgIpc) is 2.55. The van der Waals surface area contributed by atoms with Crippen molar-refractivity contribution in [3.8, 4) is 6.07 Å². The predicted octanol–water partition coefficient (Wildman–Crippen LogP) is 1.97. The Morgan fingerprint density at radius 2 is 2.13 bits per heavy atom. The van der Waals surface area contributed by atoms with Gasteiger partial charge >= 0.3 is 0 Å². The minimum atomic E-state index is -0.395. The number of ether oxygens (including phenoxy) is 1. The van der Waals surface area contributed by atoms with E-state index in [1.54, 1.807) is 44.4 Å². The number of hydrogen-bond donors (Lipinski definition) is 2. The minimum absolute atomic E-state index is 0.227. The molecule has 0 saturated carbocycles. The normalized spacial score (nSPS) is 9.96. The van der Waals surface area contributed by atoms with Crippen LogP contribution >= 0.6 is 0 Å². The SMILES string of the molecule is COCCNc1cc(C(=O)Nc2ccccc2C#N)nc(C)n1. The number of nitrogens with zero attached hydrogens (tertiary/aromatic N) is 3. The molecule has 118 valence electrons. The number of hydrogen-bond acceptors (Lipinski definition) is 6. The largest absolute Gasteiger partial charge is 0.383 e. The molecule has 23 heavy (non-hydrogen) atoms. The van der Waals surface area contributed by atoms with E-state index in [9.17, 15) is 4.79 Å². The number of carbonyl (C=O) groups excluding carboxylic acids is 1. The number of amides is 1. The van der Waals surface area contributed by atoms with E-state index in [4.69, 9.17) is 10.00 Å². The fraction of sp³-hybridized carbons (Fsp3) is 0.250. The van der Waals surface area contributed by atoms with Gasteiger partial charge in [0, 0.05) is 19.7 Å². The summed E-state index contributed by atoms with van der Waals surface area (Å²) in [6.07, 6.45) is 0. The number of aromatic nitrogens is 2. The van der Waals surface area contributed by atoms with Gasteiger partial charge in [-0.05, 0) is 19.1 Å². The summed E-state index contributed by atoms with van der Waals surface area (Å²) in [7, 11) is 1.61. The summed E-state index contributed by atoms with van der Waals surface area (Å²) in [5, 5.41) is 14.8. The van der Waals surface area contributed by atoms with Gasteiger partial charge in [0.25, 0.3) is 5.91 Å². The molecule has 1 aromatic carbocycles. The first kappa shape index (κ1) is 16.4. The summed E-state index contributed by atoms with van der Waals surface area (Å²) < 4.78 is 4.96. The van der Waals surface area contributed by atoms with Gasteiger partial charge in [-0.2, -0.15) is 5.26 Å². The maximum atomic E-state index is 12.4. The zero-order chi connectivity index (χ0) is 16.7. The summed E-state index contributed by atoms with van der Waals surface area (Å²) >= 11 is 0. The van der Waals surface area contributed by atoms with Crippen LogP contribution in [0.25, 0.3) is 0 Å². The molecule has 1 amide bonds. The number of anilines is 2. The van der Waals surface area contributed by atoms with Crippen LogP contribution in [0.4, 0.5) is 11.5 Å². The fourth-order valence-electron chi connectivity index (χ4n) is 1.93. The second-order valence-electron chi connectivity index (χ2n) is 4.72. The number of para-hydroxylation sites is 1. The summed E-state index contributed by atoms with van der Waals surface area (Å²) in [5.41, 5.74) is 1.07. The van der Waals surface area contributed by atoms with Gasteiger partial charge in [0.15, 0.2) is 0 Å². The Morgan fingerprint density at radius 3 is 2.87 bits per heavy atom. The second-order valence-corrected chi connectivity index (χ2v) is 4.72. The van der Waals surface area contributed by atoms with Crippen LogP contribution in [0.5, 0.6) is 0 Å². The van der Waals surface area contributed by atoms with Gasteiger partial charge in [-0.3, -0.25) is 4.79 Å². The van der Waals surface area contributed by atoms with E-state index in [0.717, 1.165) is 0 Å². The molecule has 2 rings (SSSR count). The molecule has 0 bridgehead atoms. The second kappa shape index (κ2) is 7.87. The molecule has 0 aliphatic heterocycles. The highest BCUT2D eigenvalue weighted by atomic mass is 16.5. The third kappa shape index (κ3) is 4.49. The molecule has 0 aliphatic carbocycles. The van der Waals surface area contributed by atoms with E-state index in [1.807, 2.05) is 6.07 Å². The van der Waals surface area contributed by atoms with E-state index >= 15 is 0 Å². The number of rotatable bonds is 6. The van der Waals surface area contributed by atoms with Gasteiger partial charge < -0.3 is 15.4 Å². The van der Waals surface area contributed by atoms with Gasteiger partial charge in [-0.15, -0.1) is 0 Å². The number of methoxy groups -OCH3 is 1. The van der Waals surface area contributed by atoms with Crippen molar-refractivity contribution >= 4 is 17.4 Å². The molecular weight excluding hydrogens is 294 g/mol. The molecule has 0 aliphatic rings. The molecule has 2 aromatic rings. The molecule has 0 fully saturated rings. The topological polar surface area (TPSA) is 99.9 Å². The number of nitrogens with one attached hydrogen (secondary N) is 2. The molecule has 2 N–H and O–H groups in total. The Labute approximate surface area is 134 Å². The first-order valence-electron chi connectivity index (χ1n) is 7.03. The first-order valence-corrected chi connectivity index (χ1v) is 7.03. The van der Waals surface area contributed by atoms with Gasteiger partial charge in [0.2, 0.25) is 0 Å². The average molecular weight is 311 g/mol. The molecule has 0 unspecified atom stereocenters. The van der Waals surface area contributed by atoms with Crippen molar-refractivity contribution in [1.82, 2.24) is 9.97 Å². The number of aryl methyl sites for hydroxylation is 1. The van der Waals surface area contributed by atoms with Crippen molar-refractivity contribution in [2.45, 2.75) is 6.92 Å². The summed E-state index contributed by atoms with van der Waals surface area (Å²) in [5.74, 6) is 0.632. The van der Waals surface area contributed by atoms with Gasteiger partial charge in [0.1, 0.15) is 23.4 Å². The fourth-order valence-corrected chi connectivity index (χ4v) is 1.93. The monoisotopic (exact) mass is 311 g/mol. The Bertz CT molecular complexity index is 739. The zero-order valence-electron chi connectivity index (χ0n) is 13.0. The quantitative estimate of drug-likeness (QED) is 0.791. The lowest BCUT2D eigenvalue weighted by Gasteiger charge is -2.09. The van der Waals surface area contributed by atoms with Crippen molar-refractivity contribution in [3.63, 3.8) is 0 Å². The van der Waals surface area contributed by atoms with Crippen LogP contribution < -0.4 is 10.6 Å². The van der Waals surface area contributed by atoms with Crippen molar-refractivity contribution < 1.29 is 9.53 Å². The van der Waals surface area contributed by atoms with Gasteiger partial charge in [-0.1, -0.05) is 12.1 Å². The van der Waals surface area contributed by atoms with Crippen LogP contribution in [-0.2, 0) is 4.74 Å². The van der Waals surface area contributed by atoms with Gasteiger partial charge in [0.05, 0.1) is 17.9 Å². The summed E-state index contributed by atoms with van der Waals surface area (Å²) in [6.45, 7) is 2.81. The van der Waals surface area contributed by atoms with Crippen LogP contribution in [0.15, 0.2) is 30.3 Å².